The minimum Gasteiger partial charge on any atom is -0.508 e. The van der Waals surface area contributed by atoms with Gasteiger partial charge in [-0.25, -0.2) is 4.57 Å². The van der Waals surface area contributed by atoms with Crippen LogP contribution in [0.4, 0.5) is 5.69 Å². The van der Waals surface area contributed by atoms with Gasteiger partial charge < -0.3 is 64.4 Å². The van der Waals surface area contributed by atoms with Crippen LogP contribution < -0.4 is 14.8 Å². The number of nitrogens with zero attached hydrogens (tertiary/aromatic N) is 3. The minimum atomic E-state index is -4.64. The third-order valence-corrected chi connectivity index (χ3v) is 11.5. The number of likely N-dealkylation sites (N-methyl/N-ethyl adjacent to an activating group) is 2. The second kappa shape index (κ2) is 23.7. The van der Waals surface area contributed by atoms with Crippen molar-refractivity contribution in [3.05, 3.63) is 126 Å². The van der Waals surface area contributed by atoms with Gasteiger partial charge in [0.1, 0.15) is 23.6 Å². The number of anilines is 1. The van der Waals surface area contributed by atoms with Crippen LogP contribution in [0.1, 0.15) is 55.5 Å². The summed E-state index contributed by atoms with van der Waals surface area (Å²) in [5, 5.41) is 37.8. The molecule has 3 heterocycles. The third-order valence-electron chi connectivity index (χ3n) is 11.5. The van der Waals surface area contributed by atoms with Crippen LogP contribution in [0, 0.1) is 5.92 Å². The fraction of sp³-hybridized carbons (Fsp3) is 0.404. The van der Waals surface area contributed by atoms with Crippen molar-refractivity contribution in [3.8, 4) is 17.2 Å². The standard InChI is InChI=1S/C18H21NO3.C17H22N2O.C8H9NO2.C4H6O4.H3O4P/c1-19-8-7-18-11-4-5-13(20)17(18)22-16-14(21-2)6-3-10(15(16)18)9-12(11)19;1-17(20-14-13-19(2)3,15-9-5-4-6-10-15)16-11-7-8-12-18-16;1-6(10)9-7-2-4-8(11)5-3-7;5-3(6)1-2-4(7)8;1-5(2,3)4/h3-6,11-13,17,20H,7-9H2,1-2H3;4-12H,13-14H2,1-3H3;2-5,11H,1H3,(H,9,10);1-2H2,(H,5,6)(H,7,8);(H3,1,2,3,4)/t11-,12+,13-,17-,18-;;;;/m0..../s1. The van der Waals surface area contributed by atoms with Crippen LogP contribution >= 0.6 is 7.82 Å². The number of amides is 1. The highest BCUT2D eigenvalue weighted by molar-refractivity contribution is 7.45. The Kier molecular flexibility index (Phi) is 19.0. The Morgan fingerprint density at radius 2 is 1.58 bits per heavy atom. The molecule has 18 nitrogen and oxygen atoms in total. The van der Waals surface area contributed by atoms with E-state index in [1.807, 2.05) is 68.8 Å². The number of aromatic nitrogens is 1. The topological polar surface area (TPSA) is 269 Å². The van der Waals surface area contributed by atoms with Crippen molar-refractivity contribution in [1.82, 2.24) is 14.8 Å². The summed E-state index contributed by atoms with van der Waals surface area (Å²) < 4.78 is 26.9. The fourth-order valence-electron chi connectivity index (χ4n) is 8.49. The molecule has 4 aliphatic rings. The molecule has 8 N–H and O–H groups in total. The molecule has 0 saturated carbocycles. The highest BCUT2D eigenvalue weighted by Gasteiger charge is 2.64. The number of nitrogens with one attached hydrogen (secondary N) is 1. The number of phenolic OH excluding ortho intramolecular Hbond substituents is 1. The number of carbonyl (C=O) groups is 3. The molecule has 6 atom stereocenters. The van der Waals surface area contributed by atoms with Gasteiger partial charge in [0.05, 0.1) is 32.3 Å². The predicted molar refractivity (Wildman–Crippen MR) is 245 cm³/mol. The van der Waals surface area contributed by atoms with E-state index in [1.165, 1.54) is 30.2 Å². The maximum absolute atomic E-state index is 10.6. The number of ether oxygens (including phenoxy) is 3. The smallest absolute Gasteiger partial charge is 0.466 e. The van der Waals surface area contributed by atoms with E-state index in [1.54, 1.807) is 19.2 Å². The van der Waals surface area contributed by atoms with Gasteiger partial charge in [0.2, 0.25) is 5.91 Å². The highest BCUT2D eigenvalue weighted by atomic mass is 31.2. The number of likely N-dealkylation sites (tertiary alicyclic amines) is 1. The number of pyridine rings is 1. The predicted octanol–water partition coefficient (Wildman–Crippen LogP) is 4.78. The molecule has 66 heavy (non-hydrogen) atoms. The molecule has 1 unspecified atom stereocenters. The van der Waals surface area contributed by atoms with Crippen LogP contribution in [0.3, 0.4) is 0 Å². The molecule has 1 amide bonds. The molecule has 2 aliphatic carbocycles. The molecule has 1 spiro atoms. The van der Waals surface area contributed by atoms with Crippen LogP contribution in [0.2, 0.25) is 0 Å². The quantitative estimate of drug-likeness (QED) is 0.0571. The lowest BCUT2D eigenvalue weighted by molar-refractivity contribution is -0.143. The number of carbonyl (C=O) groups excluding carboxylic acids is 1. The molecule has 8 rings (SSSR count). The zero-order valence-corrected chi connectivity index (χ0v) is 38.7. The number of aliphatic hydroxyl groups excluding tert-OH is 1. The molecule has 2 bridgehead atoms. The first-order chi connectivity index (χ1) is 31.1. The average Bonchev–Trinajstić information content (AvgIpc) is 3.62. The zero-order valence-electron chi connectivity index (χ0n) is 37.9. The number of hydrogen-bond acceptors (Lipinski definition) is 12. The van der Waals surface area contributed by atoms with Gasteiger partial charge in [0, 0.05) is 48.3 Å². The first-order valence-corrected chi connectivity index (χ1v) is 22.6. The Bertz CT molecular complexity index is 2230. The lowest BCUT2D eigenvalue weighted by atomic mass is 9.53. The fourth-order valence-corrected chi connectivity index (χ4v) is 8.49. The number of aromatic hydroxyl groups is 1. The highest BCUT2D eigenvalue weighted by Crippen LogP contribution is 2.62. The number of rotatable bonds is 11. The maximum atomic E-state index is 10.6. The largest absolute Gasteiger partial charge is 0.508 e. The van der Waals surface area contributed by atoms with E-state index in [0.717, 1.165) is 48.7 Å². The van der Waals surface area contributed by atoms with E-state index >= 15 is 0 Å². The van der Waals surface area contributed by atoms with E-state index in [-0.39, 0.29) is 36.0 Å². The lowest BCUT2D eigenvalue weighted by Gasteiger charge is -2.56. The van der Waals surface area contributed by atoms with Crippen molar-refractivity contribution in [2.24, 2.45) is 5.92 Å². The molecule has 1 saturated heterocycles. The van der Waals surface area contributed by atoms with E-state index < -0.39 is 31.5 Å². The first kappa shape index (κ1) is 52.9. The van der Waals surface area contributed by atoms with Crippen LogP contribution in [0.15, 0.2) is 103 Å². The SMILES string of the molecule is CC(=O)Nc1ccc(O)cc1.CN(C)CCOC(C)(c1ccccc1)c1ccccn1.COc1ccc2c3c1O[C@H]1[C@@H](O)C=C[C@H]4[C@@H](C2)N(C)CC[C@@]341.O=C(O)CCC(=O)O.O=P(O)(O)O. The number of hydrogen-bond donors (Lipinski definition) is 8. The van der Waals surface area contributed by atoms with Crippen molar-refractivity contribution in [2.75, 3.05) is 53.3 Å². The van der Waals surface area contributed by atoms with Crippen molar-refractivity contribution in [2.45, 2.75) is 68.8 Å². The van der Waals surface area contributed by atoms with Gasteiger partial charge >= 0.3 is 19.8 Å². The molecule has 1 fully saturated rings. The van der Waals surface area contributed by atoms with Gasteiger partial charge in [-0.1, -0.05) is 54.6 Å². The second-order valence-electron chi connectivity index (χ2n) is 16.4. The monoisotopic (exact) mass is 936 g/mol. The van der Waals surface area contributed by atoms with Crippen molar-refractivity contribution < 1.29 is 68.3 Å². The Morgan fingerprint density at radius 3 is 2.12 bits per heavy atom. The zero-order chi connectivity index (χ0) is 48.8. The normalized spacial score (nSPS) is 21.4. The number of carboxylic acids is 2. The van der Waals surface area contributed by atoms with Gasteiger partial charge in [0.15, 0.2) is 11.5 Å². The van der Waals surface area contributed by atoms with Crippen molar-refractivity contribution in [1.29, 1.82) is 0 Å². The summed E-state index contributed by atoms with van der Waals surface area (Å²) in [5.41, 5.74) is 4.84. The molecule has 3 aromatic carbocycles. The summed E-state index contributed by atoms with van der Waals surface area (Å²) in [6, 6.07) is 27.2. The molecule has 0 radical (unpaired) electrons. The molecular formula is C47H61N4O14P. The van der Waals surface area contributed by atoms with E-state index in [2.05, 4.69) is 58.3 Å². The van der Waals surface area contributed by atoms with Crippen LogP contribution in [0.5, 0.6) is 17.2 Å². The van der Waals surface area contributed by atoms with Gasteiger partial charge in [-0.05, 0) is 101 Å². The Hall–Kier alpha value is -5.69. The number of methoxy groups -OCH3 is 1. The third kappa shape index (κ3) is 14.2. The minimum absolute atomic E-state index is 0.0806. The van der Waals surface area contributed by atoms with Gasteiger partial charge in [-0.3, -0.25) is 19.4 Å². The number of phosphoric acid groups is 1. The molecule has 19 heteroatoms. The summed E-state index contributed by atoms with van der Waals surface area (Å²) in [5.74, 6) is 0.0155. The van der Waals surface area contributed by atoms with E-state index in [9.17, 15) is 19.5 Å². The van der Waals surface area contributed by atoms with Crippen LogP contribution in [0.25, 0.3) is 0 Å². The molecule has 1 aromatic heterocycles. The van der Waals surface area contributed by atoms with Crippen LogP contribution in [-0.2, 0) is 41.1 Å². The number of phenols is 1. The van der Waals surface area contributed by atoms with Crippen molar-refractivity contribution >= 4 is 31.4 Å². The van der Waals surface area contributed by atoms with E-state index in [4.69, 9.17) is 48.8 Å². The van der Waals surface area contributed by atoms with Gasteiger partial charge in [-0.2, -0.15) is 0 Å². The lowest BCUT2D eigenvalue weighted by Crippen LogP contribution is -2.64. The molecule has 4 aromatic rings. The summed E-state index contributed by atoms with van der Waals surface area (Å²) in [6.45, 7) is 6.12. The average molecular weight is 937 g/mol. The summed E-state index contributed by atoms with van der Waals surface area (Å²) in [6.07, 6.45) is 6.75. The van der Waals surface area contributed by atoms with E-state index in [0.29, 0.717) is 24.3 Å². The van der Waals surface area contributed by atoms with Crippen molar-refractivity contribution in [3.63, 3.8) is 0 Å². The summed E-state index contributed by atoms with van der Waals surface area (Å²) >= 11 is 0. The number of aliphatic carboxylic acids is 2. The molecular weight excluding hydrogens is 876 g/mol. The van der Waals surface area contributed by atoms with Gasteiger partial charge in [0.25, 0.3) is 0 Å². The Balaban J connectivity index is 0.000000198. The number of aliphatic hydroxyl groups is 1. The molecule has 358 valence electrons. The number of piperidine rings is 1. The van der Waals surface area contributed by atoms with Gasteiger partial charge in [-0.15, -0.1) is 0 Å². The summed E-state index contributed by atoms with van der Waals surface area (Å²) in [7, 11) is 3.36. The second-order valence-corrected chi connectivity index (χ2v) is 17.4. The summed E-state index contributed by atoms with van der Waals surface area (Å²) in [4.78, 5) is 60.4. The first-order valence-electron chi connectivity index (χ1n) is 21.1. The number of carboxylic acid groups (broad SMARTS) is 2. The Morgan fingerprint density at radius 1 is 0.955 bits per heavy atom. The molecule has 2 aliphatic heterocycles. The van der Waals surface area contributed by atoms with Crippen LogP contribution in [-0.4, -0.2) is 134 Å². The maximum Gasteiger partial charge on any atom is 0.466 e. The Labute approximate surface area is 384 Å². The number of benzene rings is 3.